The van der Waals surface area contributed by atoms with Crippen LogP contribution in [0.5, 0.6) is 5.75 Å². The average Bonchev–Trinajstić information content (AvgIpc) is 2.70. The van der Waals surface area contributed by atoms with Crippen molar-refractivity contribution in [1.82, 2.24) is 10.2 Å². The van der Waals surface area contributed by atoms with Gasteiger partial charge in [-0.1, -0.05) is 18.0 Å². The van der Waals surface area contributed by atoms with Gasteiger partial charge in [-0.2, -0.15) is 0 Å². The summed E-state index contributed by atoms with van der Waals surface area (Å²) >= 11 is 5.96. The summed E-state index contributed by atoms with van der Waals surface area (Å²) in [4.78, 5) is 25.6. The molecule has 2 amide bonds. The molecule has 0 aromatic heterocycles. The van der Waals surface area contributed by atoms with Crippen molar-refractivity contribution in [2.24, 2.45) is 0 Å². The van der Waals surface area contributed by atoms with E-state index in [1.165, 1.54) is 0 Å². The Kier molecular flexibility index (Phi) is 6.07. The van der Waals surface area contributed by atoms with Gasteiger partial charge in [-0.05, 0) is 31.0 Å². The highest BCUT2D eigenvalue weighted by molar-refractivity contribution is 6.30. The lowest BCUT2D eigenvalue weighted by molar-refractivity contribution is -0.135. The van der Waals surface area contributed by atoms with Crippen molar-refractivity contribution in [1.29, 1.82) is 0 Å². The molecule has 5 nitrogen and oxygen atoms in total. The molecule has 0 saturated carbocycles. The van der Waals surface area contributed by atoms with Gasteiger partial charge in [0.1, 0.15) is 5.75 Å². The molecule has 120 valence electrons. The first-order valence-corrected chi connectivity index (χ1v) is 7.85. The van der Waals surface area contributed by atoms with Crippen LogP contribution < -0.4 is 10.1 Å². The zero-order valence-corrected chi connectivity index (χ0v) is 13.5. The third-order valence-corrected chi connectivity index (χ3v) is 3.96. The van der Waals surface area contributed by atoms with Crippen LogP contribution in [0.2, 0.25) is 5.02 Å². The molecule has 0 unspecified atom stereocenters. The molecule has 1 aliphatic heterocycles. The first-order chi connectivity index (χ1) is 10.6. The molecular weight excluding hydrogens is 304 g/mol. The van der Waals surface area contributed by atoms with Crippen molar-refractivity contribution in [2.75, 3.05) is 20.2 Å². The summed E-state index contributed by atoms with van der Waals surface area (Å²) in [7, 11) is 1.57. The first kappa shape index (κ1) is 16.6. The molecule has 1 aliphatic rings. The zero-order valence-electron chi connectivity index (χ0n) is 12.7. The standard InChI is InChI=1S/C16H21ClN2O3/c1-22-14-7-6-13(17)9-12(14)10-18-15(20)11-19-8-4-2-3-5-16(19)21/h6-7,9H,2-5,8,10-11H2,1H3,(H,18,20). The predicted octanol–water partition coefficient (Wildman–Crippen LogP) is 2.37. The molecule has 22 heavy (non-hydrogen) atoms. The number of rotatable bonds is 5. The molecule has 0 bridgehead atoms. The van der Waals surface area contributed by atoms with Gasteiger partial charge in [0.15, 0.2) is 0 Å². The summed E-state index contributed by atoms with van der Waals surface area (Å²) in [6, 6.07) is 5.27. The second-order valence-electron chi connectivity index (χ2n) is 5.36. The van der Waals surface area contributed by atoms with E-state index in [1.54, 1.807) is 30.2 Å². The number of benzene rings is 1. The minimum absolute atomic E-state index is 0.0630. The van der Waals surface area contributed by atoms with Gasteiger partial charge in [-0.3, -0.25) is 9.59 Å². The van der Waals surface area contributed by atoms with E-state index in [0.717, 1.165) is 24.8 Å². The highest BCUT2D eigenvalue weighted by Crippen LogP contribution is 2.22. The normalized spacial score (nSPS) is 15.4. The molecule has 0 atom stereocenters. The van der Waals surface area contributed by atoms with Crippen LogP contribution in [0, 0.1) is 0 Å². The number of ether oxygens (including phenoxy) is 1. The summed E-state index contributed by atoms with van der Waals surface area (Å²) < 4.78 is 5.24. The molecule has 1 N–H and O–H groups in total. The largest absolute Gasteiger partial charge is 0.496 e. The van der Waals surface area contributed by atoms with Crippen molar-refractivity contribution in [3.63, 3.8) is 0 Å². The molecule has 1 aromatic carbocycles. The van der Waals surface area contributed by atoms with Crippen LogP contribution >= 0.6 is 11.6 Å². The maximum atomic E-state index is 12.0. The molecule has 2 rings (SSSR count). The maximum Gasteiger partial charge on any atom is 0.239 e. The van der Waals surface area contributed by atoms with E-state index in [2.05, 4.69) is 5.32 Å². The smallest absolute Gasteiger partial charge is 0.239 e. The van der Waals surface area contributed by atoms with Crippen LogP contribution in [-0.4, -0.2) is 36.9 Å². The van der Waals surface area contributed by atoms with Gasteiger partial charge in [0.05, 0.1) is 13.7 Å². The van der Waals surface area contributed by atoms with Gasteiger partial charge >= 0.3 is 0 Å². The molecular formula is C16H21ClN2O3. The number of hydrogen-bond acceptors (Lipinski definition) is 3. The fraction of sp³-hybridized carbons (Fsp3) is 0.500. The van der Waals surface area contributed by atoms with Crippen molar-refractivity contribution < 1.29 is 14.3 Å². The summed E-state index contributed by atoms with van der Waals surface area (Å²) in [6.07, 6.45) is 3.46. The highest BCUT2D eigenvalue weighted by Gasteiger charge is 2.19. The van der Waals surface area contributed by atoms with Crippen LogP contribution in [0.1, 0.15) is 31.2 Å². The van der Waals surface area contributed by atoms with E-state index in [4.69, 9.17) is 16.3 Å². The second kappa shape index (κ2) is 8.03. The lowest BCUT2D eigenvalue weighted by atomic mass is 10.2. The molecule has 1 fully saturated rings. The van der Waals surface area contributed by atoms with E-state index in [1.807, 2.05) is 0 Å². The SMILES string of the molecule is COc1ccc(Cl)cc1CNC(=O)CN1CCCCCC1=O. The number of carbonyl (C=O) groups is 2. The Morgan fingerprint density at radius 3 is 2.95 bits per heavy atom. The predicted molar refractivity (Wildman–Crippen MR) is 84.9 cm³/mol. The van der Waals surface area contributed by atoms with Crippen LogP contribution in [0.3, 0.4) is 0 Å². The number of nitrogens with one attached hydrogen (secondary N) is 1. The fourth-order valence-corrected chi connectivity index (χ4v) is 2.71. The third-order valence-electron chi connectivity index (χ3n) is 3.72. The lowest BCUT2D eigenvalue weighted by Crippen LogP contribution is -2.40. The van der Waals surface area contributed by atoms with Crippen molar-refractivity contribution >= 4 is 23.4 Å². The topological polar surface area (TPSA) is 58.6 Å². The van der Waals surface area contributed by atoms with Gasteiger partial charge < -0.3 is 15.0 Å². The zero-order chi connectivity index (χ0) is 15.9. The Morgan fingerprint density at radius 1 is 1.36 bits per heavy atom. The number of hydrogen-bond donors (Lipinski definition) is 1. The Balaban J connectivity index is 1.89. The fourth-order valence-electron chi connectivity index (χ4n) is 2.51. The molecule has 1 heterocycles. The second-order valence-corrected chi connectivity index (χ2v) is 5.80. The number of likely N-dealkylation sites (tertiary alicyclic amines) is 1. The van der Waals surface area contributed by atoms with Crippen molar-refractivity contribution in [2.45, 2.75) is 32.2 Å². The minimum Gasteiger partial charge on any atom is -0.496 e. The van der Waals surface area contributed by atoms with Crippen molar-refractivity contribution in [3.05, 3.63) is 28.8 Å². The van der Waals surface area contributed by atoms with Gasteiger partial charge in [0.2, 0.25) is 11.8 Å². The molecule has 0 aliphatic carbocycles. The Hall–Kier alpha value is -1.75. The van der Waals surface area contributed by atoms with E-state index < -0.39 is 0 Å². The number of halogens is 1. The molecule has 0 spiro atoms. The van der Waals surface area contributed by atoms with Crippen LogP contribution in [-0.2, 0) is 16.1 Å². The van der Waals surface area contributed by atoms with Crippen LogP contribution in [0.15, 0.2) is 18.2 Å². The quantitative estimate of drug-likeness (QED) is 0.904. The van der Waals surface area contributed by atoms with E-state index in [0.29, 0.717) is 30.3 Å². The van der Waals surface area contributed by atoms with E-state index in [-0.39, 0.29) is 18.4 Å². The summed E-state index contributed by atoms with van der Waals surface area (Å²) in [5.41, 5.74) is 0.811. The molecule has 1 aromatic rings. The summed E-state index contributed by atoms with van der Waals surface area (Å²) in [6.45, 7) is 1.10. The highest BCUT2D eigenvalue weighted by atomic mass is 35.5. The Bertz CT molecular complexity index is 548. The monoisotopic (exact) mass is 324 g/mol. The molecule has 0 radical (unpaired) electrons. The van der Waals surface area contributed by atoms with E-state index >= 15 is 0 Å². The van der Waals surface area contributed by atoms with Gasteiger partial charge in [-0.15, -0.1) is 0 Å². The van der Waals surface area contributed by atoms with Gasteiger partial charge in [-0.25, -0.2) is 0 Å². The molecule has 1 saturated heterocycles. The summed E-state index contributed by atoms with van der Waals surface area (Å²) in [5, 5.41) is 3.41. The lowest BCUT2D eigenvalue weighted by Gasteiger charge is -2.20. The van der Waals surface area contributed by atoms with E-state index in [9.17, 15) is 9.59 Å². The minimum atomic E-state index is -0.169. The Labute approximate surface area is 135 Å². The Morgan fingerprint density at radius 2 is 2.18 bits per heavy atom. The average molecular weight is 325 g/mol. The van der Waals surface area contributed by atoms with Crippen molar-refractivity contribution in [3.8, 4) is 5.75 Å². The number of nitrogens with zero attached hydrogens (tertiary/aromatic N) is 1. The number of methoxy groups -OCH3 is 1. The van der Waals surface area contributed by atoms with Gasteiger partial charge in [0, 0.05) is 30.1 Å². The number of carbonyl (C=O) groups excluding carboxylic acids is 2. The third kappa shape index (κ3) is 4.63. The maximum absolute atomic E-state index is 12.0. The first-order valence-electron chi connectivity index (χ1n) is 7.47. The summed E-state index contributed by atoms with van der Waals surface area (Å²) in [5.74, 6) is 0.570. The number of amides is 2. The van der Waals surface area contributed by atoms with Gasteiger partial charge in [0.25, 0.3) is 0 Å². The van der Waals surface area contributed by atoms with Crippen LogP contribution in [0.25, 0.3) is 0 Å². The van der Waals surface area contributed by atoms with Crippen LogP contribution in [0.4, 0.5) is 0 Å². The molecule has 6 heteroatoms.